The van der Waals surface area contributed by atoms with E-state index < -0.39 is 23.3 Å². The first-order valence-corrected chi connectivity index (χ1v) is 13.8. The highest BCUT2D eigenvalue weighted by atomic mass is 19.2. The molecule has 0 atom stereocenters. The van der Waals surface area contributed by atoms with Gasteiger partial charge in [0.1, 0.15) is 0 Å². The second kappa shape index (κ2) is 13.1. The van der Waals surface area contributed by atoms with Gasteiger partial charge in [0, 0.05) is 11.1 Å². The van der Waals surface area contributed by atoms with E-state index in [0.717, 1.165) is 51.4 Å². The molecule has 4 rings (SSSR count). The molecular formula is C33H36F4O. The summed E-state index contributed by atoms with van der Waals surface area (Å²) in [5, 5.41) is 0. The van der Waals surface area contributed by atoms with Crippen molar-refractivity contribution in [3.05, 3.63) is 101 Å². The maximum absolute atomic E-state index is 15.1. The van der Waals surface area contributed by atoms with Crippen LogP contribution in [-0.2, 0) is 12.8 Å². The molecule has 0 aliphatic heterocycles. The van der Waals surface area contributed by atoms with Crippen LogP contribution in [0, 0.1) is 29.2 Å². The summed E-state index contributed by atoms with van der Waals surface area (Å²) >= 11 is 0. The molecule has 202 valence electrons. The Hall–Kier alpha value is -3.08. The zero-order valence-corrected chi connectivity index (χ0v) is 22.2. The van der Waals surface area contributed by atoms with E-state index in [2.05, 4.69) is 43.3 Å². The van der Waals surface area contributed by atoms with Crippen LogP contribution in [0.25, 0.3) is 11.1 Å². The van der Waals surface area contributed by atoms with Gasteiger partial charge in [-0.15, -0.1) is 0 Å². The van der Waals surface area contributed by atoms with Crippen molar-refractivity contribution in [1.29, 1.82) is 0 Å². The van der Waals surface area contributed by atoms with Gasteiger partial charge in [-0.25, -0.2) is 13.2 Å². The molecule has 0 unspecified atom stereocenters. The first-order valence-electron chi connectivity index (χ1n) is 13.8. The minimum absolute atomic E-state index is 0.0910. The minimum Gasteiger partial charge on any atom is -0.491 e. The normalized spacial score (nSPS) is 17.7. The maximum Gasteiger partial charge on any atom is 0.201 e. The SMILES string of the molecule is CCCc1ccc(CC/C=C/[C@H]2CC[C@H](c3ccc(-c4ccc(OCC)c(F)c4F)c(F)c3F)CC2)cc1. The molecule has 0 amide bonds. The van der Waals surface area contributed by atoms with E-state index in [1.807, 2.05) is 0 Å². The molecule has 3 aromatic rings. The highest BCUT2D eigenvalue weighted by molar-refractivity contribution is 5.66. The van der Waals surface area contributed by atoms with Crippen molar-refractivity contribution in [1.82, 2.24) is 0 Å². The fourth-order valence-electron chi connectivity index (χ4n) is 5.42. The highest BCUT2D eigenvalue weighted by Crippen LogP contribution is 2.40. The van der Waals surface area contributed by atoms with Crippen LogP contribution in [0.1, 0.15) is 75.0 Å². The van der Waals surface area contributed by atoms with Gasteiger partial charge in [-0.1, -0.05) is 61.9 Å². The lowest BCUT2D eigenvalue weighted by Crippen LogP contribution is -2.14. The second-order valence-electron chi connectivity index (χ2n) is 10.1. The summed E-state index contributed by atoms with van der Waals surface area (Å²) < 4.78 is 64.1. The number of hydrogen-bond donors (Lipinski definition) is 0. The lowest BCUT2D eigenvalue weighted by atomic mass is 9.78. The molecule has 0 saturated heterocycles. The zero-order chi connectivity index (χ0) is 27.1. The first-order chi connectivity index (χ1) is 18.4. The van der Waals surface area contributed by atoms with Crippen molar-refractivity contribution in [2.24, 2.45) is 5.92 Å². The number of hydrogen-bond acceptors (Lipinski definition) is 1. The monoisotopic (exact) mass is 524 g/mol. The van der Waals surface area contributed by atoms with E-state index in [1.54, 1.807) is 6.92 Å². The van der Waals surface area contributed by atoms with Gasteiger partial charge in [0.25, 0.3) is 0 Å². The van der Waals surface area contributed by atoms with E-state index in [0.29, 0.717) is 11.5 Å². The Bertz CT molecular complexity index is 1240. The quantitative estimate of drug-likeness (QED) is 0.189. The molecule has 1 fully saturated rings. The molecule has 1 nitrogen and oxygen atoms in total. The van der Waals surface area contributed by atoms with E-state index >= 15 is 8.78 Å². The molecule has 0 heterocycles. The van der Waals surface area contributed by atoms with Crippen LogP contribution >= 0.6 is 0 Å². The zero-order valence-electron chi connectivity index (χ0n) is 22.2. The third-order valence-electron chi connectivity index (χ3n) is 7.53. The molecule has 3 aromatic carbocycles. The number of benzene rings is 3. The summed E-state index contributed by atoms with van der Waals surface area (Å²) in [7, 11) is 0. The number of rotatable bonds is 10. The molecule has 1 aliphatic rings. The van der Waals surface area contributed by atoms with Crippen LogP contribution in [0.2, 0.25) is 0 Å². The van der Waals surface area contributed by atoms with Crippen LogP contribution in [0.4, 0.5) is 17.6 Å². The Balaban J connectivity index is 1.34. The van der Waals surface area contributed by atoms with Gasteiger partial charge in [0.2, 0.25) is 5.82 Å². The van der Waals surface area contributed by atoms with Crippen LogP contribution in [0.15, 0.2) is 60.7 Å². The van der Waals surface area contributed by atoms with Gasteiger partial charge in [-0.3, -0.25) is 0 Å². The topological polar surface area (TPSA) is 9.23 Å². The molecule has 1 saturated carbocycles. The van der Waals surface area contributed by atoms with Crippen molar-refractivity contribution in [2.45, 2.75) is 71.1 Å². The van der Waals surface area contributed by atoms with Crippen LogP contribution in [-0.4, -0.2) is 6.61 Å². The molecule has 0 radical (unpaired) electrons. The van der Waals surface area contributed by atoms with E-state index in [4.69, 9.17) is 4.74 Å². The van der Waals surface area contributed by atoms with Crippen molar-refractivity contribution in [3.63, 3.8) is 0 Å². The highest BCUT2D eigenvalue weighted by Gasteiger charge is 2.27. The largest absolute Gasteiger partial charge is 0.491 e. The molecule has 1 aliphatic carbocycles. The number of aryl methyl sites for hydroxylation is 2. The lowest BCUT2D eigenvalue weighted by Gasteiger charge is -2.27. The summed E-state index contributed by atoms with van der Waals surface area (Å²) in [4.78, 5) is 0. The second-order valence-corrected chi connectivity index (χ2v) is 10.1. The number of halogens is 4. The van der Waals surface area contributed by atoms with Crippen LogP contribution in [0.5, 0.6) is 5.75 Å². The third-order valence-corrected chi connectivity index (χ3v) is 7.53. The summed E-state index contributed by atoms with van der Waals surface area (Å²) in [6.07, 6.45) is 12.1. The minimum atomic E-state index is -1.25. The molecule has 0 bridgehead atoms. The standard InChI is InChI=1S/C33H36F4O/c1-3-7-22-10-12-23(13-11-22)8-5-6-9-24-14-16-25(17-15-24)26-18-19-27(31(35)30(26)34)28-20-21-29(38-4-2)33(37)32(28)36/h6,9-13,18-21,24-25H,3-5,7-8,14-17H2,1-2H3/b9-6+/t24-,25-. The van der Waals surface area contributed by atoms with Crippen molar-refractivity contribution in [3.8, 4) is 16.9 Å². The third kappa shape index (κ3) is 6.48. The van der Waals surface area contributed by atoms with Crippen LogP contribution in [0.3, 0.4) is 0 Å². The van der Waals surface area contributed by atoms with Crippen LogP contribution < -0.4 is 4.74 Å². The van der Waals surface area contributed by atoms with Crippen molar-refractivity contribution >= 4 is 0 Å². The summed E-state index contributed by atoms with van der Waals surface area (Å²) in [6.45, 7) is 4.00. The molecule has 0 spiro atoms. The number of ether oxygens (including phenoxy) is 1. The smallest absolute Gasteiger partial charge is 0.201 e. The van der Waals surface area contributed by atoms with E-state index in [1.165, 1.54) is 35.4 Å². The summed E-state index contributed by atoms with van der Waals surface area (Å²) in [6, 6.07) is 14.2. The molecule has 0 N–H and O–H groups in total. The Morgan fingerprint density at radius 2 is 1.32 bits per heavy atom. The molecule has 0 aromatic heterocycles. The average Bonchev–Trinajstić information content (AvgIpc) is 2.93. The summed E-state index contributed by atoms with van der Waals surface area (Å²) in [5.41, 5.74) is 2.42. The summed E-state index contributed by atoms with van der Waals surface area (Å²) in [5.74, 6) is -4.47. The van der Waals surface area contributed by atoms with Crippen molar-refractivity contribution in [2.75, 3.05) is 6.61 Å². The van der Waals surface area contributed by atoms with Gasteiger partial charge in [0.15, 0.2) is 23.2 Å². The Labute approximate surface area is 223 Å². The van der Waals surface area contributed by atoms with Crippen molar-refractivity contribution < 1.29 is 22.3 Å². The predicted molar refractivity (Wildman–Crippen MR) is 145 cm³/mol. The molecular weight excluding hydrogens is 488 g/mol. The maximum atomic E-state index is 15.1. The average molecular weight is 525 g/mol. The fraction of sp³-hybridized carbons (Fsp3) is 0.394. The van der Waals surface area contributed by atoms with Gasteiger partial charge < -0.3 is 4.74 Å². The van der Waals surface area contributed by atoms with E-state index in [-0.39, 0.29) is 29.4 Å². The number of allylic oxidation sites excluding steroid dienone is 2. The van der Waals surface area contributed by atoms with Gasteiger partial charge >= 0.3 is 0 Å². The lowest BCUT2D eigenvalue weighted by molar-refractivity contribution is 0.314. The Kier molecular flexibility index (Phi) is 9.65. The Morgan fingerprint density at radius 3 is 1.95 bits per heavy atom. The first kappa shape index (κ1) is 27.9. The Morgan fingerprint density at radius 1 is 0.711 bits per heavy atom. The fourth-order valence-corrected chi connectivity index (χ4v) is 5.42. The molecule has 38 heavy (non-hydrogen) atoms. The predicted octanol–water partition coefficient (Wildman–Crippen LogP) is 9.72. The van der Waals surface area contributed by atoms with Gasteiger partial charge in [-0.05, 0) is 92.5 Å². The van der Waals surface area contributed by atoms with E-state index in [9.17, 15) is 8.78 Å². The van der Waals surface area contributed by atoms with Gasteiger partial charge in [-0.2, -0.15) is 4.39 Å². The molecule has 5 heteroatoms. The van der Waals surface area contributed by atoms with Gasteiger partial charge in [0.05, 0.1) is 6.61 Å².